The van der Waals surface area contributed by atoms with Crippen molar-refractivity contribution in [1.29, 1.82) is 5.26 Å². The molecule has 3 atom stereocenters. The minimum absolute atomic E-state index is 0.220. The van der Waals surface area contributed by atoms with Crippen molar-refractivity contribution in [3.05, 3.63) is 58.3 Å². The molecular formula is C28H31N3O5S2. The summed E-state index contributed by atoms with van der Waals surface area (Å²) in [5.41, 5.74) is 2.28. The molecule has 0 unspecified atom stereocenters. The lowest BCUT2D eigenvalue weighted by Gasteiger charge is -2.31. The van der Waals surface area contributed by atoms with Crippen LogP contribution in [0.5, 0.6) is 0 Å². The van der Waals surface area contributed by atoms with Gasteiger partial charge in [-0.2, -0.15) is 5.26 Å². The summed E-state index contributed by atoms with van der Waals surface area (Å²) in [6.45, 7) is 2.18. The van der Waals surface area contributed by atoms with Crippen molar-refractivity contribution in [3.63, 3.8) is 0 Å². The lowest BCUT2D eigenvalue weighted by Crippen LogP contribution is -2.49. The second-order valence-corrected chi connectivity index (χ2v) is 12.6. The molecule has 0 radical (unpaired) electrons. The first-order chi connectivity index (χ1) is 18.3. The standard InChI is InChI=1S/C28H31N3O5S2/c29-17-24(38(34,35)30-18-26-28(33)25(32)10-13-36-26)16-23-8-9-27(37-23)21-5-4-20-15-22(7-6-19(20)14-21)31-11-2-1-3-12-31/h4-9,14-16,25-26,28,30,32-33H,1-3,10-13,18H2/b24-16+/t25-,26-,28+/m1/s1. The Morgan fingerprint density at radius 2 is 1.87 bits per heavy atom. The van der Waals surface area contributed by atoms with E-state index in [1.807, 2.05) is 6.07 Å². The number of rotatable bonds is 7. The molecule has 3 aromatic rings. The van der Waals surface area contributed by atoms with Crippen molar-refractivity contribution in [3.8, 4) is 16.5 Å². The molecule has 0 amide bonds. The maximum absolute atomic E-state index is 12.8. The summed E-state index contributed by atoms with van der Waals surface area (Å²) in [6, 6.07) is 18.3. The Labute approximate surface area is 226 Å². The lowest BCUT2D eigenvalue weighted by molar-refractivity contribution is -0.131. The van der Waals surface area contributed by atoms with Crippen LogP contribution in [-0.4, -0.2) is 63.2 Å². The van der Waals surface area contributed by atoms with E-state index in [0.717, 1.165) is 28.9 Å². The summed E-state index contributed by atoms with van der Waals surface area (Å²) in [7, 11) is -4.13. The Kier molecular flexibility index (Phi) is 8.14. The van der Waals surface area contributed by atoms with E-state index in [2.05, 4.69) is 46.0 Å². The number of aliphatic hydroxyl groups is 2. The number of nitriles is 1. The van der Waals surface area contributed by atoms with Gasteiger partial charge in [-0.15, -0.1) is 11.3 Å². The zero-order valence-corrected chi connectivity index (χ0v) is 22.5. The van der Waals surface area contributed by atoms with Gasteiger partial charge in [0.2, 0.25) is 0 Å². The lowest BCUT2D eigenvalue weighted by atomic mass is 10.0. The number of hydrogen-bond donors (Lipinski definition) is 3. The summed E-state index contributed by atoms with van der Waals surface area (Å²) in [5.74, 6) is 0. The molecule has 38 heavy (non-hydrogen) atoms. The number of piperidine rings is 1. The summed E-state index contributed by atoms with van der Waals surface area (Å²) in [6.07, 6.45) is 2.35. The predicted molar refractivity (Wildman–Crippen MR) is 150 cm³/mol. The van der Waals surface area contributed by atoms with Crippen molar-refractivity contribution in [2.45, 2.75) is 44.0 Å². The molecular weight excluding hydrogens is 522 g/mol. The molecule has 2 saturated heterocycles. The molecule has 3 N–H and O–H groups in total. The molecule has 3 heterocycles. The molecule has 10 heteroatoms. The number of nitrogens with one attached hydrogen (secondary N) is 1. The maximum Gasteiger partial charge on any atom is 0.250 e. The van der Waals surface area contributed by atoms with Crippen LogP contribution in [0, 0.1) is 11.3 Å². The monoisotopic (exact) mass is 553 g/mol. The van der Waals surface area contributed by atoms with Crippen LogP contribution in [0.1, 0.15) is 30.6 Å². The van der Waals surface area contributed by atoms with Crippen molar-refractivity contribution < 1.29 is 23.4 Å². The molecule has 2 aliphatic rings. The van der Waals surface area contributed by atoms with E-state index in [9.17, 15) is 23.9 Å². The minimum atomic E-state index is -4.13. The van der Waals surface area contributed by atoms with E-state index < -0.39 is 33.2 Å². The second kappa shape index (κ2) is 11.5. The Balaban J connectivity index is 1.30. The number of fused-ring (bicyclic) bond motifs is 1. The Morgan fingerprint density at radius 1 is 1.11 bits per heavy atom. The largest absolute Gasteiger partial charge is 0.390 e. The van der Waals surface area contributed by atoms with Crippen LogP contribution in [-0.2, 0) is 14.8 Å². The minimum Gasteiger partial charge on any atom is -0.390 e. The van der Waals surface area contributed by atoms with Crippen LogP contribution in [0.15, 0.2) is 53.4 Å². The molecule has 0 saturated carbocycles. The van der Waals surface area contributed by atoms with Crippen LogP contribution in [0.3, 0.4) is 0 Å². The Bertz CT molecular complexity index is 1470. The van der Waals surface area contributed by atoms with Gasteiger partial charge in [0.05, 0.1) is 12.2 Å². The molecule has 200 valence electrons. The van der Waals surface area contributed by atoms with Gasteiger partial charge in [-0.1, -0.05) is 18.2 Å². The molecule has 2 aromatic carbocycles. The summed E-state index contributed by atoms with van der Waals surface area (Å²) < 4.78 is 33.2. The Morgan fingerprint density at radius 3 is 2.66 bits per heavy atom. The summed E-state index contributed by atoms with van der Waals surface area (Å²) >= 11 is 1.40. The average Bonchev–Trinajstić information content (AvgIpc) is 3.41. The number of hydrogen-bond acceptors (Lipinski definition) is 8. The van der Waals surface area contributed by atoms with Crippen molar-refractivity contribution in [2.75, 3.05) is 31.1 Å². The Hall–Kier alpha value is -2.78. The van der Waals surface area contributed by atoms with Gasteiger partial charge in [0.1, 0.15) is 12.2 Å². The van der Waals surface area contributed by atoms with Gasteiger partial charge in [0, 0.05) is 41.7 Å². The number of nitrogens with zero attached hydrogens (tertiary/aromatic N) is 2. The molecule has 1 aromatic heterocycles. The summed E-state index contributed by atoms with van der Waals surface area (Å²) in [5, 5.41) is 31.7. The highest BCUT2D eigenvalue weighted by atomic mass is 32.2. The SMILES string of the molecule is N#C/C(=C\c1ccc(-c2ccc3cc(N4CCCCC4)ccc3c2)s1)S(=O)(=O)NC[C@H]1OCC[C@@H](O)[C@@H]1O. The third kappa shape index (κ3) is 5.94. The molecule has 0 bridgehead atoms. The van der Waals surface area contributed by atoms with Gasteiger partial charge in [0.15, 0.2) is 4.91 Å². The molecule has 0 aliphatic carbocycles. The van der Waals surface area contributed by atoms with E-state index in [1.54, 1.807) is 12.1 Å². The van der Waals surface area contributed by atoms with Crippen LogP contribution in [0.25, 0.3) is 27.3 Å². The van der Waals surface area contributed by atoms with Gasteiger partial charge in [-0.3, -0.25) is 0 Å². The zero-order valence-electron chi connectivity index (χ0n) is 20.9. The first kappa shape index (κ1) is 26.8. The maximum atomic E-state index is 12.8. The van der Waals surface area contributed by atoms with Crippen molar-refractivity contribution in [2.24, 2.45) is 0 Å². The van der Waals surface area contributed by atoms with Gasteiger partial charge < -0.3 is 19.8 Å². The average molecular weight is 554 g/mol. The van der Waals surface area contributed by atoms with Gasteiger partial charge in [-0.25, -0.2) is 13.1 Å². The highest BCUT2D eigenvalue weighted by Crippen LogP contribution is 2.33. The van der Waals surface area contributed by atoms with Crippen molar-refractivity contribution >= 4 is 43.9 Å². The first-order valence-electron chi connectivity index (χ1n) is 12.8. The number of anilines is 1. The third-order valence-electron chi connectivity index (χ3n) is 7.12. The number of aliphatic hydroxyl groups excluding tert-OH is 2. The third-order valence-corrected chi connectivity index (χ3v) is 9.54. The zero-order chi connectivity index (χ0) is 26.7. The number of benzene rings is 2. The highest BCUT2D eigenvalue weighted by Gasteiger charge is 2.32. The van der Waals surface area contributed by atoms with Gasteiger partial charge in [-0.05, 0) is 78.4 Å². The fraction of sp³-hybridized carbons (Fsp3) is 0.393. The fourth-order valence-corrected chi connectivity index (χ4v) is 6.89. The van der Waals surface area contributed by atoms with Gasteiger partial charge in [0.25, 0.3) is 10.0 Å². The highest BCUT2D eigenvalue weighted by molar-refractivity contribution is 7.93. The van der Waals surface area contributed by atoms with Crippen LogP contribution < -0.4 is 9.62 Å². The summed E-state index contributed by atoms with van der Waals surface area (Å²) in [4.78, 5) is 3.61. The molecule has 2 fully saturated rings. The predicted octanol–water partition coefficient (Wildman–Crippen LogP) is 3.85. The van der Waals surface area contributed by atoms with Crippen molar-refractivity contribution in [1.82, 2.24) is 4.72 Å². The van der Waals surface area contributed by atoms with Crippen LogP contribution in [0.4, 0.5) is 5.69 Å². The van der Waals surface area contributed by atoms with E-state index >= 15 is 0 Å². The number of ether oxygens (including phenoxy) is 1. The molecule has 5 rings (SSSR count). The smallest absolute Gasteiger partial charge is 0.250 e. The first-order valence-corrected chi connectivity index (χ1v) is 15.1. The van der Waals surface area contributed by atoms with E-state index in [4.69, 9.17) is 4.74 Å². The van der Waals surface area contributed by atoms with Crippen LogP contribution >= 0.6 is 11.3 Å². The topological polar surface area (TPSA) is 123 Å². The van der Waals surface area contributed by atoms with Crippen LogP contribution in [0.2, 0.25) is 0 Å². The molecule has 2 aliphatic heterocycles. The number of allylic oxidation sites excluding steroid dienone is 1. The van der Waals surface area contributed by atoms with Gasteiger partial charge >= 0.3 is 0 Å². The fourth-order valence-electron chi connectivity index (χ4n) is 4.93. The molecule has 8 nitrogen and oxygen atoms in total. The van der Waals surface area contributed by atoms with E-state index in [-0.39, 0.29) is 19.6 Å². The number of sulfonamides is 1. The normalized spacial score (nSPS) is 22.9. The number of thiophene rings is 1. The second-order valence-electron chi connectivity index (χ2n) is 9.72. The quantitative estimate of drug-likeness (QED) is 0.380. The van der Waals surface area contributed by atoms with E-state index in [0.29, 0.717) is 4.88 Å². The molecule has 0 spiro atoms. The van der Waals surface area contributed by atoms with E-state index in [1.165, 1.54) is 47.7 Å².